The maximum Gasteiger partial charge on any atom is 0.118 e. The van der Waals surface area contributed by atoms with Gasteiger partial charge in [-0.25, -0.2) is 0 Å². The summed E-state index contributed by atoms with van der Waals surface area (Å²) in [6.07, 6.45) is 4.14. The first-order chi connectivity index (χ1) is 9.19. The predicted molar refractivity (Wildman–Crippen MR) is 77.1 cm³/mol. The monoisotopic (exact) mass is 262 g/mol. The van der Waals surface area contributed by atoms with Gasteiger partial charge in [-0.3, -0.25) is 4.90 Å². The maximum absolute atomic E-state index is 5.73. The Morgan fingerprint density at radius 1 is 1.16 bits per heavy atom. The van der Waals surface area contributed by atoms with Crippen molar-refractivity contribution in [3.63, 3.8) is 0 Å². The summed E-state index contributed by atoms with van der Waals surface area (Å²) >= 11 is 0. The summed E-state index contributed by atoms with van der Waals surface area (Å²) in [5, 5.41) is 0. The van der Waals surface area contributed by atoms with E-state index in [2.05, 4.69) is 28.9 Å². The third kappa shape index (κ3) is 2.87. The molecule has 0 bridgehead atoms. The van der Waals surface area contributed by atoms with Crippen molar-refractivity contribution in [3.05, 3.63) is 23.7 Å². The molecule has 106 valence electrons. The first-order valence-corrected chi connectivity index (χ1v) is 7.69. The number of hydrogen-bond acceptors (Lipinski definition) is 3. The number of furan rings is 1. The fraction of sp³-hybridized carbons (Fsp3) is 0.750. The quantitative estimate of drug-likeness (QED) is 0.835. The second kappa shape index (κ2) is 5.29. The van der Waals surface area contributed by atoms with Gasteiger partial charge in [0.25, 0.3) is 0 Å². The molecule has 1 atom stereocenters. The molecular formula is C16H26N2O. The highest BCUT2D eigenvalue weighted by Gasteiger charge is 2.40. The van der Waals surface area contributed by atoms with Crippen molar-refractivity contribution >= 4 is 0 Å². The van der Waals surface area contributed by atoms with Crippen molar-refractivity contribution < 1.29 is 4.42 Å². The van der Waals surface area contributed by atoms with Gasteiger partial charge in [-0.1, -0.05) is 6.92 Å². The fourth-order valence-electron chi connectivity index (χ4n) is 3.87. The van der Waals surface area contributed by atoms with Crippen molar-refractivity contribution in [2.45, 2.75) is 39.7 Å². The standard InChI is InChI=1S/C16H26N2O/c1-3-17-10-8-16(12-17)7-4-9-18(13-16)11-15-6-5-14(2)19-15/h5-6H,3-4,7-13H2,1-2H3/t16-/m1/s1. The Bertz CT molecular complexity index is 428. The lowest BCUT2D eigenvalue weighted by atomic mass is 9.79. The molecule has 19 heavy (non-hydrogen) atoms. The largest absolute Gasteiger partial charge is 0.465 e. The number of aryl methyl sites for hydroxylation is 1. The van der Waals surface area contributed by atoms with Crippen molar-refractivity contribution in [3.8, 4) is 0 Å². The minimum atomic E-state index is 0.565. The van der Waals surface area contributed by atoms with Gasteiger partial charge in [0, 0.05) is 13.1 Å². The van der Waals surface area contributed by atoms with Gasteiger partial charge in [0.1, 0.15) is 11.5 Å². The van der Waals surface area contributed by atoms with Crippen LogP contribution >= 0.6 is 0 Å². The van der Waals surface area contributed by atoms with E-state index in [4.69, 9.17) is 4.42 Å². The second-order valence-electron chi connectivity index (χ2n) is 6.45. The van der Waals surface area contributed by atoms with E-state index >= 15 is 0 Å². The molecule has 2 aliphatic rings. The molecule has 0 N–H and O–H groups in total. The normalized spacial score (nSPS) is 29.4. The molecule has 1 aromatic rings. The van der Waals surface area contributed by atoms with Gasteiger partial charge in [-0.15, -0.1) is 0 Å². The molecule has 3 heteroatoms. The zero-order valence-electron chi connectivity index (χ0n) is 12.3. The lowest BCUT2D eigenvalue weighted by Gasteiger charge is -2.40. The Balaban J connectivity index is 1.62. The molecule has 0 saturated carbocycles. The van der Waals surface area contributed by atoms with E-state index < -0.39 is 0 Å². The molecule has 0 aromatic carbocycles. The van der Waals surface area contributed by atoms with E-state index in [1.54, 1.807) is 0 Å². The summed E-state index contributed by atoms with van der Waals surface area (Å²) < 4.78 is 5.73. The highest BCUT2D eigenvalue weighted by atomic mass is 16.3. The molecule has 0 radical (unpaired) electrons. The summed E-state index contributed by atoms with van der Waals surface area (Å²) in [5.74, 6) is 2.15. The molecule has 0 amide bonds. The van der Waals surface area contributed by atoms with Crippen LogP contribution < -0.4 is 0 Å². The molecule has 3 heterocycles. The van der Waals surface area contributed by atoms with E-state index in [0.29, 0.717) is 5.41 Å². The van der Waals surface area contributed by atoms with Gasteiger partial charge in [0.05, 0.1) is 6.54 Å². The lowest BCUT2D eigenvalue weighted by Crippen LogP contribution is -2.44. The highest BCUT2D eigenvalue weighted by Crippen LogP contribution is 2.39. The molecule has 2 fully saturated rings. The summed E-state index contributed by atoms with van der Waals surface area (Å²) in [5.41, 5.74) is 0.565. The predicted octanol–water partition coefficient (Wildman–Crippen LogP) is 2.90. The maximum atomic E-state index is 5.73. The van der Waals surface area contributed by atoms with Crippen LogP contribution in [0.4, 0.5) is 0 Å². The smallest absolute Gasteiger partial charge is 0.118 e. The molecule has 0 unspecified atom stereocenters. The van der Waals surface area contributed by atoms with Gasteiger partial charge < -0.3 is 9.32 Å². The van der Waals surface area contributed by atoms with Gasteiger partial charge in [-0.05, 0) is 63.4 Å². The topological polar surface area (TPSA) is 19.6 Å². The van der Waals surface area contributed by atoms with E-state index in [-0.39, 0.29) is 0 Å². The number of hydrogen-bond donors (Lipinski definition) is 0. The van der Waals surface area contributed by atoms with Crippen LogP contribution in [0, 0.1) is 12.3 Å². The lowest BCUT2D eigenvalue weighted by molar-refractivity contribution is 0.0826. The molecule has 3 nitrogen and oxygen atoms in total. The fourth-order valence-corrected chi connectivity index (χ4v) is 3.87. The summed E-state index contributed by atoms with van der Waals surface area (Å²) in [6.45, 7) is 11.6. The third-order valence-corrected chi connectivity index (χ3v) is 4.88. The minimum absolute atomic E-state index is 0.565. The van der Waals surface area contributed by atoms with Crippen molar-refractivity contribution in [1.29, 1.82) is 0 Å². The number of piperidine rings is 1. The minimum Gasteiger partial charge on any atom is -0.465 e. The van der Waals surface area contributed by atoms with Crippen LogP contribution in [0.1, 0.15) is 37.7 Å². The average Bonchev–Trinajstić information content (AvgIpc) is 2.97. The molecule has 2 aliphatic heterocycles. The van der Waals surface area contributed by atoms with Crippen molar-refractivity contribution in [2.75, 3.05) is 32.7 Å². The first kappa shape index (κ1) is 13.2. The zero-order valence-corrected chi connectivity index (χ0v) is 12.3. The zero-order chi connectivity index (χ0) is 13.3. The van der Waals surface area contributed by atoms with E-state index in [1.807, 2.05) is 6.92 Å². The van der Waals surface area contributed by atoms with Crippen molar-refractivity contribution in [1.82, 2.24) is 9.80 Å². The van der Waals surface area contributed by atoms with Crippen LogP contribution in [0.15, 0.2) is 16.5 Å². The highest BCUT2D eigenvalue weighted by molar-refractivity contribution is 5.06. The third-order valence-electron chi connectivity index (χ3n) is 4.88. The van der Waals surface area contributed by atoms with Gasteiger partial charge in [0.15, 0.2) is 0 Å². The van der Waals surface area contributed by atoms with Crippen LogP contribution in [0.2, 0.25) is 0 Å². The van der Waals surface area contributed by atoms with Crippen molar-refractivity contribution in [2.24, 2.45) is 5.41 Å². The SMILES string of the molecule is CCN1CC[C@]2(CCCN(Cc3ccc(C)o3)C2)C1. The average molecular weight is 262 g/mol. The van der Waals surface area contributed by atoms with Crippen LogP contribution in [-0.2, 0) is 6.54 Å². The van der Waals surface area contributed by atoms with E-state index in [1.165, 1.54) is 52.0 Å². The summed E-state index contributed by atoms with van der Waals surface area (Å²) in [7, 11) is 0. The Labute approximate surface area is 116 Å². The summed E-state index contributed by atoms with van der Waals surface area (Å²) in [4.78, 5) is 5.21. The van der Waals surface area contributed by atoms with Crippen LogP contribution in [0.25, 0.3) is 0 Å². The molecule has 2 saturated heterocycles. The van der Waals surface area contributed by atoms with Gasteiger partial charge in [0.2, 0.25) is 0 Å². The van der Waals surface area contributed by atoms with Crippen LogP contribution in [-0.4, -0.2) is 42.5 Å². The second-order valence-corrected chi connectivity index (χ2v) is 6.45. The number of rotatable bonds is 3. The van der Waals surface area contributed by atoms with E-state index in [0.717, 1.165) is 18.1 Å². The first-order valence-electron chi connectivity index (χ1n) is 7.69. The Hall–Kier alpha value is -0.800. The molecule has 0 aliphatic carbocycles. The van der Waals surface area contributed by atoms with Crippen LogP contribution in [0.5, 0.6) is 0 Å². The Morgan fingerprint density at radius 2 is 2.00 bits per heavy atom. The number of likely N-dealkylation sites (tertiary alicyclic amines) is 2. The molecule has 3 rings (SSSR count). The Morgan fingerprint density at radius 3 is 2.68 bits per heavy atom. The summed E-state index contributed by atoms with van der Waals surface area (Å²) in [6, 6.07) is 4.20. The molecular weight excluding hydrogens is 236 g/mol. The van der Waals surface area contributed by atoms with Gasteiger partial charge in [-0.2, -0.15) is 0 Å². The number of nitrogens with zero attached hydrogens (tertiary/aromatic N) is 2. The van der Waals surface area contributed by atoms with Gasteiger partial charge >= 0.3 is 0 Å². The molecule has 1 aromatic heterocycles. The molecule has 1 spiro atoms. The Kier molecular flexibility index (Phi) is 3.68. The van der Waals surface area contributed by atoms with E-state index in [9.17, 15) is 0 Å². The van der Waals surface area contributed by atoms with Crippen LogP contribution in [0.3, 0.4) is 0 Å².